The molecule has 5 rings (SSSR count). The summed E-state index contributed by atoms with van der Waals surface area (Å²) < 4.78 is 8.17. The molecule has 1 spiro atoms. The molecule has 3 aliphatic rings. The molecule has 0 N–H and O–H groups in total. The van der Waals surface area contributed by atoms with Crippen molar-refractivity contribution in [2.45, 2.75) is 120 Å². The quantitative estimate of drug-likeness (QED) is 0.227. The number of ether oxygens (including phenoxy) is 1. The number of thioether (sulfide) groups is 1. The van der Waals surface area contributed by atoms with E-state index in [-0.39, 0.29) is 22.6 Å². The van der Waals surface area contributed by atoms with E-state index in [0.717, 1.165) is 54.3 Å². The zero-order chi connectivity index (χ0) is 24.5. The number of aromatic nitrogens is 2. The molecule has 1 aliphatic heterocycles. The summed E-state index contributed by atoms with van der Waals surface area (Å²) in [5.41, 5.74) is 4.54. The number of nitrogens with zero attached hydrogens (tertiary/aromatic N) is 2. The Hall–Kier alpha value is -1.59. The summed E-state index contributed by atoms with van der Waals surface area (Å²) in [5, 5.41) is 0.926. The van der Waals surface area contributed by atoms with Crippen LogP contribution in [0.5, 0.6) is 0 Å². The molecule has 1 aromatic heterocycles. The lowest BCUT2D eigenvalue weighted by Gasteiger charge is -2.43. The van der Waals surface area contributed by atoms with Gasteiger partial charge in [0.1, 0.15) is 0 Å². The average Bonchev–Trinajstić information content (AvgIpc) is 2.83. The van der Waals surface area contributed by atoms with E-state index in [4.69, 9.17) is 9.72 Å². The van der Waals surface area contributed by atoms with Gasteiger partial charge in [-0.25, -0.2) is 4.98 Å². The molecule has 0 bridgehead atoms. The molecule has 0 radical (unpaired) electrons. The molecule has 1 atom stereocenters. The van der Waals surface area contributed by atoms with Gasteiger partial charge < -0.3 is 4.74 Å². The lowest BCUT2D eigenvalue weighted by molar-refractivity contribution is -0.0710. The van der Waals surface area contributed by atoms with Gasteiger partial charge >= 0.3 is 0 Å². The maximum Gasteiger partial charge on any atom is 0.258 e. The van der Waals surface area contributed by atoms with Crippen molar-refractivity contribution in [2.24, 2.45) is 0 Å². The Kier molecular flexibility index (Phi) is 7.46. The molecule has 2 aromatic rings. The molecule has 2 aliphatic carbocycles. The molecule has 5 heteroatoms. The Balaban J connectivity index is 1.64. The Labute approximate surface area is 215 Å². The van der Waals surface area contributed by atoms with E-state index in [1.807, 2.05) is 0 Å². The second kappa shape index (κ2) is 10.4. The molecular weight excluding hydrogens is 452 g/mol. The van der Waals surface area contributed by atoms with Crippen molar-refractivity contribution in [1.29, 1.82) is 0 Å². The predicted molar refractivity (Wildman–Crippen MR) is 146 cm³/mol. The van der Waals surface area contributed by atoms with Gasteiger partial charge in [0.05, 0.1) is 16.9 Å². The summed E-state index contributed by atoms with van der Waals surface area (Å²) in [6.45, 7) is 7.27. The van der Waals surface area contributed by atoms with Crippen molar-refractivity contribution >= 4 is 11.8 Å². The summed E-state index contributed by atoms with van der Waals surface area (Å²) in [5.74, 6) is 1.02. The number of unbranched alkanes of at least 4 members (excludes halogenated alkanes) is 3. The van der Waals surface area contributed by atoms with E-state index in [9.17, 15) is 4.79 Å². The van der Waals surface area contributed by atoms with Crippen LogP contribution in [0, 0.1) is 0 Å². The van der Waals surface area contributed by atoms with Crippen LogP contribution in [0.25, 0.3) is 11.3 Å². The van der Waals surface area contributed by atoms with E-state index in [1.165, 1.54) is 56.1 Å². The minimum absolute atomic E-state index is 0.0568. The highest BCUT2D eigenvalue weighted by molar-refractivity contribution is 7.99. The number of hydrogen-bond donors (Lipinski definition) is 0. The van der Waals surface area contributed by atoms with Gasteiger partial charge in [0.2, 0.25) is 0 Å². The van der Waals surface area contributed by atoms with Gasteiger partial charge in [0, 0.05) is 29.4 Å². The lowest BCUT2D eigenvalue weighted by atomic mass is 9.62. The van der Waals surface area contributed by atoms with Crippen LogP contribution in [-0.4, -0.2) is 27.5 Å². The largest absolute Gasteiger partial charge is 0.375 e. The normalized spacial score (nSPS) is 22.5. The molecule has 190 valence electrons. The third-order valence-electron chi connectivity index (χ3n) is 8.49. The lowest BCUT2D eigenvalue weighted by Crippen LogP contribution is -2.45. The first-order valence-corrected chi connectivity index (χ1v) is 14.9. The second-order valence-electron chi connectivity index (χ2n) is 11.6. The Bertz CT molecular complexity index is 1100. The zero-order valence-corrected chi connectivity index (χ0v) is 22.7. The average molecular weight is 495 g/mol. The van der Waals surface area contributed by atoms with Crippen molar-refractivity contribution in [3.63, 3.8) is 0 Å². The standard InChI is InChI=1S/C30H42N2O2S/c1-4-5-6-12-19-35-28-31-26-24-14-9-8-13-22(24)20-30(16-10-7-11-17-30)25(26)27(33)32(28)23-15-18-34-29(2,3)21-23/h8-9,13-14,23H,4-7,10-12,15-21H2,1-3H3/t23-/m1/s1. The molecule has 1 aromatic carbocycles. The molecular formula is C30H42N2O2S. The van der Waals surface area contributed by atoms with Crippen molar-refractivity contribution < 1.29 is 4.74 Å². The summed E-state index contributed by atoms with van der Waals surface area (Å²) in [6, 6.07) is 8.86. The highest BCUT2D eigenvalue weighted by atomic mass is 32.2. The fourth-order valence-corrected chi connectivity index (χ4v) is 7.79. The monoisotopic (exact) mass is 494 g/mol. The van der Waals surface area contributed by atoms with Crippen LogP contribution in [0.3, 0.4) is 0 Å². The Morgan fingerprint density at radius 1 is 1.11 bits per heavy atom. The molecule has 2 heterocycles. The Morgan fingerprint density at radius 2 is 1.91 bits per heavy atom. The molecule has 1 saturated heterocycles. The van der Waals surface area contributed by atoms with Crippen molar-refractivity contribution in [1.82, 2.24) is 9.55 Å². The van der Waals surface area contributed by atoms with Gasteiger partial charge in [0.15, 0.2) is 5.16 Å². The fraction of sp³-hybridized carbons (Fsp3) is 0.667. The molecule has 2 fully saturated rings. The van der Waals surface area contributed by atoms with Crippen LogP contribution in [0.4, 0.5) is 0 Å². The van der Waals surface area contributed by atoms with Gasteiger partial charge in [-0.05, 0) is 57.9 Å². The van der Waals surface area contributed by atoms with Crippen molar-refractivity contribution in [2.75, 3.05) is 12.4 Å². The first-order valence-electron chi connectivity index (χ1n) is 14.0. The topological polar surface area (TPSA) is 44.1 Å². The van der Waals surface area contributed by atoms with Crippen LogP contribution in [0.2, 0.25) is 0 Å². The van der Waals surface area contributed by atoms with E-state index in [0.29, 0.717) is 6.61 Å². The van der Waals surface area contributed by atoms with Crippen molar-refractivity contribution in [3.05, 3.63) is 45.7 Å². The maximum absolute atomic E-state index is 14.6. The number of hydrogen-bond acceptors (Lipinski definition) is 4. The third-order valence-corrected chi connectivity index (χ3v) is 9.53. The van der Waals surface area contributed by atoms with Gasteiger partial charge in [-0.2, -0.15) is 0 Å². The molecule has 0 amide bonds. The number of rotatable bonds is 7. The fourth-order valence-electron chi connectivity index (χ4n) is 6.74. The highest BCUT2D eigenvalue weighted by Gasteiger charge is 2.44. The minimum atomic E-state index is -0.212. The van der Waals surface area contributed by atoms with E-state index in [1.54, 1.807) is 11.8 Å². The highest BCUT2D eigenvalue weighted by Crippen LogP contribution is 2.49. The van der Waals surface area contributed by atoms with Crippen LogP contribution in [0.1, 0.15) is 109 Å². The predicted octanol–water partition coefficient (Wildman–Crippen LogP) is 7.47. The van der Waals surface area contributed by atoms with Crippen LogP contribution in [0.15, 0.2) is 34.2 Å². The van der Waals surface area contributed by atoms with Gasteiger partial charge in [0.25, 0.3) is 5.56 Å². The maximum atomic E-state index is 14.6. The van der Waals surface area contributed by atoms with Crippen molar-refractivity contribution in [3.8, 4) is 11.3 Å². The molecule has 0 unspecified atom stereocenters. The summed E-state index contributed by atoms with van der Waals surface area (Å²) in [4.78, 5) is 20.0. The summed E-state index contributed by atoms with van der Waals surface area (Å²) in [6.07, 6.45) is 13.6. The smallest absolute Gasteiger partial charge is 0.258 e. The van der Waals surface area contributed by atoms with Crippen LogP contribution in [-0.2, 0) is 16.6 Å². The SMILES string of the molecule is CCCCCCSc1nc2c(c(=O)n1[C@@H]1CCOC(C)(C)C1)C1(CCCCC1)Cc1ccccc1-2. The molecule has 35 heavy (non-hydrogen) atoms. The third kappa shape index (κ3) is 5.00. The first kappa shape index (κ1) is 25.1. The van der Waals surface area contributed by atoms with Gasteiger partial charge in [-0.15, -0.1) is 0 Å². The van der Waals surface area contributed by atoms with E-state index < -0.39 is 0 Å². The second-order valence-corrected chi connectivity index (χ2v) is 12.7. The van der Waals surface area contributed by atoms with E-state index >= 15 is 0 Å². The summed E-state index contributed by atoms with van der Waals surface area (Å²) in [7, 11) is 0. The first-order chi connectivity index (χ1) is 16.9. The Morgan fingerprint density at radius 3 is 2.69 bits per heavy atom. The van der Waals surface area contributed by atoms with Crippen LogP contribution < -0.4 is 5.56 Å². The molecule has 4 nitrogen and oxygen atoms in total. The van der Waals surface area contributed by atoms with Crippen LogP contribution >= 0.6 is 11.8 Å². The zero-order valence-electron chi connectivity index (χ0n) is 21.9. The summed E-state index contributed by atoms with van der Waals surface area (Å²) >= 11 is 1.80. The van der Waals surface area contributed by atoms with E-state index in [2.05, 4.69) is 49.6 Å². The van der Waals surface area contributed by atoms with Gasteiger partial charge in [-0.1, -0.05) is 81.5 Å². The molecule has 1 saturated carbocycles. The number of benzene rings is 1. The number of fused-ring (bicyclic) bond motifs is 4. The van der Waals surface area contributed by atoms with Gasteiger partial charge in [-0.3, -0.25) is 9.36 Å². The minimum Gasteiger partial charge on any atom is -0.375 e.